The Hall–Kier alpha value is -2.08. The minimum absolute atomic E-state index is 0.0584. The van der Waals surface area contributed by atoms with E-state index in [0.717, 1.165) is 24.1 Å². The molecular weight excluding hydrogens is 380 g/mol. The van der Waals surface area contributed by atoms with Gasteiger partial charge in [0.05, 0.1) is 13.0 Å². The monoisotopic (exact) mass is 418 g/mol. The smallest absolute Gasteiger partial charge is 0.410 e. The van der Waals surface area contributed by atoms with Crippen LogP contribution in [0.3, 0.4) is 0 Å². The van der Waals surface area contributed by atoms with Crippen LogP contribution in [-0.2, 0) is 14.3 Å². The number of anilines is 1. The Morgan fingerprint density at radius 1 is 1.20 bits per heavy atom. The number of likely N-dealkylation sites (tertiary alicyclic amines) is 1. The molecular formula is C24H38N2O4. The molecule has 2 amide bonds. The third-order valence-corrected chi connectivity index (χ3v) is 4.94. The summed E-state index contributed by atoms with van der Waals surface area (Å²) in [5.41, 5.74) is 1.53. The molecule has 0 unspecified atom stereocenters. The minimum atomic E-state index is -0.506. The molecule has 6 nitrogen and oxygen atoms in total. The van der Waals surface area contributed by atoms with Gasteiger partial charge in [0.2, 0.25) is 5.91 Å². The first-order valence-electron chi connectivity index (χ1n) is 11.0. The van der Waals surface area contributed by atoms with Crippen molar-refractivity contribution in [3.63, 3.8) is 0 Å². The van der Waals surface area contributed by atoms with Crippen LogP contribution in [0.25, 0.3) is 0 Å². The van der Waals surface area contributed by atoms with Gasteiger partial charge in [-0.05, 0) is 64.2 Å². The number of ether oxygens (including phenoxy) is 2. The lowest BCUT2D eigenvalue weighted by Gasteiger charge is -2.39. The molecule has 0 N–H and O–H groups in total. The summed E-state index contributed by atoms with van der Waals surface area (Å²) in [5.74, 6) is 0.519. The number of rotatable bonds is 7. The number of carbonyl (C=O) groups excluding carboxylic acids is 2. The van der Waals surface area contributed by atoms with Gasteiger partial charge in [0.1, 0.15) is 5.60 Å². The zero-order valence-electron chi connectivity index (χ0n) is 19.4. The lowest BCUT2D eigenvalue weighted by atomic mass is 10.0. The van der Waals surface area contributed by atoms with Gasteiger partial charge in [-0.2, -0.15) is 0 Å². The Balaban J connectivity index is 2.05. The van der Waals surface area contributed by atoms with Crippen LogP contribution < -0.4 is 4.90 Å². The second-order valence-corrected chi connectivity index (χ2v) is 9.52. The molecule has 0 aliphatic carbocycles. The third-order valence-electron chi connectivity index (χ3n) is 4.94. The lowest BCUT2D eigenvalue weighted by molar-refractivity contribution is -0.120. The van der Waals surface area contributed by atoms with Gasteiger partial charge in [-0.15, -0.1) is 0 Å². The van der Waals surface area contributed by atoms with Crippen molar-refractivity contribution in [3.8, 4) is 0 Å². The Morgan fingerprint density at radius 2 is 1.87 bits per heavy atom. The maximum Gasteiger partial charge on any atom is 0.410 e. The molecule has 168 valence electrons. The normalized spacial score (nSPS) is 15.4. The van der Waals surface area contributed by atoms with E-state index >= 15 is 0 Å². The van der Waals surface area contributed by atoms with Crippen LogP contribution in [0.4, 0.5) is 10.5 Å². The summed E-state index contributed by atoms with van der Waals surface area (Å²) in [6.07, 6.45) is 1.53. The van der Waals surface area contributed by atoms with Gasteiger partial charge in [-0.25, -0.2) is 4.79 Å². The highest BCUT2D eigenvalue weighted by Crippen LogP contribution is 2.26. The first-order valence-corrected chi connectivity index (χ1v) is 11.0. The second-order valence-electron chi connectivity index (χ2n) is 9.52. The molecule has 0 atom stereocenters. The number of piperidine rings is 1. The van der Waals surface area contributed by atoms with E-state index in [1.807, 2.05) is 56.9 Å². The molecule has 1 saturated heterocycles. The summed E-state index contributed by atoms with van der Waals surface area (Å²) in [4.78, 5) is 29.2. The van der Waals surface area contributed by atoms with Gasteiger partial charge in [0, 0.05) is 31.4 Å². The van der Waals surface area contributed by atoms with Crippen molar-refractivity contribution in [2.45, 2.75) is 72.4 Å². The molecule has 1 aliphatic heterocycles. The number of hydrogen-bond acceptors (Lipinski definition) is 4. The van der Waals surface area contributed by atoms with Crippen molar-refractivity contribution in [2.75, 3.05) is 31.2 Å². The molecule has 0 aromatic heterocycles. The van der Waals surface area contributed by atoms with Crippen LogP contribution in [0.5, 0.6) is 0 Å². The highest BCUT2D eigenvalue weighted by Gasteiger charge is 2.32. The predicted molar refractivity (Wildman–Crippen MR) is 120 cm³/mol. The first kappa shape index (κ1) is 24.2. The Bertz CT molecular complexity index is 703. The number of hydrogen-bond donors (Lipinski definition) is 0. The van der Waals surface area contributed by atoms with E-state index in [1.54, 1.807) is 4.90 Å². The van der Waals surface area contributed by atoms with Crippen molar-refractivity contribution in [1.29, 1.82) is 0 Å². The third kappa shape index (κ3) is 7.63. The number of nitrogens with zero attached hydrogens (tertiary/aromatic N) is 2. The Morgan fingerprint density at radius 3 is 2.43 bits per heavy atom. The van der Waals surface area contributed by atoms with Gasteiger partial charge >= 0.3 is 6.09 Å². The fraction of sp³-hybridized carbons (Fsp3) is 0.667. The fourth-order valence-electron chi connectivity index (χ4n) is 3.57. The van der Waals surface area contributed by atoms with Gasteiger partial charge in [-0.3, -0.25) is 4.79 Å². The summed E-state index contributed by atoms with van der Waals surface area (Å²) in [6, 6.07) is 8.11. The van der Waals surface area contributed by atoms with Crippen molar-refractivity contribution >= 4 is 17.7 Å². The maximum absolute atomic E-state index is 13.1. The van der Waals surface area contributed by atoms with Crippen molar-refractivity contribution in [1.82, 2.24) is 4.90 Å². The molecule has 1 aliphatic rings. The highest BCUT2D eigenvalue weighted by molar-refractivity contribution is 5.94. The second kappa shape index (κ2) is 10.8. The SMILES string of the molecule is Cc1cccc(N(C(=O)CCOCC(C)C)C2CCN(C(=O)OC(C)(C)C)CC2)c1. The molecule has 1 aromatic rings. The number of benzene rings is 1. The summed E-state index contributed by atoms with van der Waals surface area (Å²) in [7, 11) is 0. The molecule has 6 heteroatoms. The maximum atomic E-state index is 13.1. The number of aryl methyl sites for hydroxylation is 1. The quantitative estimate of drug-likeness (QED) is 0.597. The average molecular weight is 419 g/mol. The molecule has 30 heavy (non-hydrogen) atoms. The zero-order valence-corrected chi connectivity index (χ0v) is 19.4. The average Bonchev–Trinajstić information content (AvgIpc) is 2.64. The number of carbonyl (C=O) groups is 2. The molecule has 1 heterocycles. The van der Waals surface area contributed by atoms with Crippen LogP contribution in [0.1, 0.15) is 59.4 Å². The molecule has 1 aromatic carbocycles. The van der Waals surface area contributed by atoms with E-state index < -0.39 is 5.60 Å². The van der Waals surface area contributed by atoms with E-state index in [-0.39, 0.29) is 18.0 Å². The molecule has 0 spiro atoms. The van der Waals surface area contributed by atoms with Crippen LogP contribution >= 0.6 is 0 Å². The largest absolute Gasteiger partial charge is 0.444 e. The van der Waals surface area contributed by atoms with Crippen molar-refractivity contribution < 1.29 is 19.1 Å². The van der Waals surface area contributed by atoms with Crippen molar-refractivity contribution in [3.05, 3.63) is 29.8 Å². The van der Waals surface area contributed by atoms with Crippen LogP contribution in [0.15, 0.2) is 24.3 Å². The lowest BCUT2D eigenvalue weighted by Crippen LogP contribution is -2.50. The molecule has 2 rings (SSSR count). The minimum Gasteiger partial charge on any atom is -0.444 e. The van der Waals surface area contributed by atoms with Gasteiger partial charge in [0.25, 0.3) is 0 Å². The van der Waals surface area contributed by atoms with Gasteiger partial charge in [-0.1, -0.05) is 26.0 Å². The van der Waals surface area contributed by atoms with Crippen LogP contribution in [0.2, 0.25) is 0 Å². The van der Waals surface area contributed by atoms with E-state index in [2.05, 4.69) is 13.8 Å². The highest BCUT2D eigenvalue weighted by atomic mass is 16.6. The van der Waals surface area contributed by atoms with E-state index in [1.165, 1.54) is 0 Å². The number of amides is 2. The topological polar surface area (TPSA) is 59.1 Å². The van der Waals surface area contributed by atoms with Crippen LogP contribution in [-0.4, -0.2) is 54.8 Å². The molecule has 0 saturated carbocycles. The Kier molecular flexibility index (Phi) is 8.71. The summed E-state index contributed by atoms with van der Waals surface area (Å²) in [5, 5.41) is 0. The van der Waals surface area contributed by atoms with E-state index in [0.29, 0.717) is 38.6 Å². The summed E-state index contributed by atoms with van der Waals surface area (Å²) >= 11 is 0. The van der Waals surface area contributed by atoms with Gasteiger partial charge in [0.15, 0.2) is 0 Å². The van der Waals surface area contributed by atoms with Crippen LogP contribution in [0, 0.1) is 12.8 Å². The molecule has 1 fully saturated rings. The van der Waals surface area contributed by atoms with Crippen molar-refractivity contribution in [2.24, 2.45) is 5.92 Å². The van der Waals surface area contributed by atoms with E-state index in [4.69, 9.17) is 9.47 Å². The zero-order chi connectivity index (χ0) is 22.3. The molecule has 0 radical (unpaired) electrons. The van der Waals surface area contributed by atoms with Gasteiger partial charge < -0.3 is 19.3 Å². The standard InChI is InChI=1S/C24H38N2O4/c1-18(2)17-29-15-12-22(27)26(21-9-7-8-19(3)16-21)20-10-13-25(14-11-20)23(28)30-24(4,5)6/h7-9,16,18,20H,10-15,17H2,1-6H3. The first-order chi connectivity index (χ1) is 14.1. The predicted octanol–water partition coefficient (Wildman–Crippen LogP) is 4.79. The summed E-state index contributed by atoms with van der Waals surface area (Å²) in [6.45, 7) is 14.1. The fourth-order valence-corrected chi connectivity index (χ4v) is 3.57. The molecule has 0 bridgehead atoms. The summed E-state index contributed by atoms with van der Waals surface area (Å²) < 4.78 is 11.1. The van der Waals surface area contributed by atoms with E-state index in [9.17, 15) is 9.59 Å². The Labute approximate surface area is 181 Å².